The van der Waals surface area contributed by atoms with Gasteiger partial charge in [0.2, 0.25) is 5.91 Å². The van der Waals surface area contributed by atoms with Crippen LogP contribution in [0.4, 0.5) is 0 Å². The van der Waals surface area contributed by atoms with Crippen LogP contribution in [0.3, 0.4) is 0 Å². The number of thiophene rings is 1. The molecule has 1 aromatic heterocycles. The Balaban J connectivity index is 1.83. The minimum absolute atomic E-state index is 0.228. The van der Waals surface area contributed by atoms with Gasteiger partial charge >= 0.3 is 0 Å². The van der Waals surface area contributed by atoms with Gasteiger partial charge in [-0.05, 0) is 51.7 Å². The molecule has 5 heteroatoms. The summed E-state index contributed by atoms with van der Waals surface area (Å²) in [6.07, 6.45) is 3.35. The van der Waals surface area contributed by atoms with Crippen LogP contribution in [0.2, 0.25) is 0 Å². The van der Waals surface area contributed by atoms with Crippen LogP contribution in [0, 0.1) is 13.8 Å². The Morgan fingerprint density at radius 3 is 2.86 bits per heavy atom. The van der Waals surface area contributed by atoms with Gasteiger partial charge in [0.25, 0.3) is 0 Å². The molecule has 2 heterocycles. The minimum atomic E-state index is -0.744. The SMILES string of the molecule is Cc1cc(CCCC(=O)N2CC[S@](=O)CC[C@H]2C)c(C)s1. The van der Waals surface area contributed by atoms with Crippen LogP contribution in [-0.2, 0) is 22.0 Å². The molecule has 0 bridgehead atoms. The van der Waals surface area contributed by atoms with Crippen LogP contribution in [0.25, 0.3) is 0 Å². The molecule has 1 aromatic rings. The van der Waals surface area contributed by atoms with Crippen molar-refractivity contribution in [2.75, 3.05) is 18.1 Å². The molecule has 1 aliphatic heterocycles. The first-order valence-corrected chi connectivity index (χ1v) is 9.98. The molecule has 1 aliphatic rings. The number of hydrogen-bond donors (Lipinski definition) is 0. The first kappa shape index (κ1) is 16.7. The predicted octanol–water partition coefficient (Wildman–Crippen LogP) is 3.06. The summed E-state index contributed by atoms with van der Waals surface area (Å²) in [6.45, 7) is 7.02. The zero-order valence-electron chi connectivity index (χ0n) is 13.2. The summed E-state index contributed by atoms with van der Waals surface area (Å²) in [5, 5.41) is 0. The van der Waals surface area contributed by atoms with Gasteiger partial charge in [0.1, 0.15) is 0 Å². The Labute approximate surface area is 134 Å². The van der Waals surface area contributed by atoms with E-state index in [2.05, 4.69) is 26.8 Å². The molecular formula is C16H25NO2S2. The molecule has 0 unspecified atom stereocenters. The first-order valence-electron chi connectivity index (χ1n) is 7.67. The summed E-state index contributed by atoms with van der Waals surface area (Å²) in [5.74, 6) is 1.60. The Hall–Kier alpha value is -0.680. The highest BCUT2D eigenvalue weighted by molar-refractivity contribution is 7.85. The standard InChI is InChI=1S/C16H25NO2S2/c1-12-7-9-21(19)10-8-17(12)16(18)6-4-5-15-11-13(2)20-14(15)3/h11-12H,4-10H2,1-3H3/t12-,21-/m1/s1. The highest BCUT2D eigenvalue weighted by atomic mass is 32.2. The van der Waals surface area contributed by atoms with Crippen LogP contribution in [0.1, 0.15) is 41.5 Å². The van der Waals surface area contributed by atoms with Gasteiger partial charge in [-0.2, -0.15) is 0 Å². The van der Waals surface area contributed by atoms with Crippen LogP contribution < -0.4 is 0 Å². The molecule has 118 valence electrons. The van der Waals surface area contributed by atoms with E-state index in [1.165, 1.54) is 15.3 Å². The lowest BCUT2D eigenvalue weighted by Gasteiger charge is -2.26. The number of hydrogen-bond acceptors (Lipinski definition) is 3. The van der Waals surface area contributed by atoms with Gasteiger partial charge in [-0.3, -0.25) is 9.00 Å². The van der Waals surface area contributed by atoms with E-state index in [-0.39, 0.29) is 11.9 Å². The van der Waals surface area contributed by atoms with Crippen molar-refractivity contribution in [2.45, 2.75) is 52.5 Å². The van der Waals surface area contributed by atoms with Gasteiger partial charge in [0.05, 0.1) is 0 Å². The molecule has 0 aliphatic carbocycles. The number of rotatable bonds is 4. The molecule has 1 saturated heterocycles. The Kier molecular flexibility index (Phi) is 5.99. The maximum absolute atomic E-state index is 12.4. The van der Waals surface area contributed by atoms with Gasteiger partial charge in [-0.1, -0.05) is 0 Å². The lowest BCUT2D eigenvalue weighted by molar-refractivity contribution is -0.132. The zero-order chi connectivity index (χ0) is 15.4. The molecule has 2 atom stereocenters. The molecule has 0 spiro atoms. The molecule has 1 amide bonds. The van der Waals surface area contributed by atoms with E-state index in [1.54, 1.807) is 0 Å². The highest BCUT2D eigenvalue weighted by Gasteiger charge is 2.23. The van der Waals surface area contributed by atoms with Crippen molar-refractivity contribution in [2.24, 2.45) is 0 Å². The van der Waals surface area contributed by atoms with Crippen molar-refractivity contribution in [3.8, 4) is 0 Å². The second kappa shape index (κ2) is 7.54. The quantitative estimate of drug-likeness (QED) is 0.852. The van der Waals surface area contributed by atoms with Crippen molar-refractivity contribution in [3.05, 3.63) is 21.4 Å². The van der Waals surface area contributed by atoms with Crippen molar-refractivity contribution < 1.29 is 9.00 Å². The van der Waals surface area contributed by atoms with Crippen LogP contribution in [0.5, 0.6) is 0 Å². The summed E-state index contributed by atoms with van der Waals surface area (Å²) in [6, 6.07) is 2.47. The molecule has 2 rings (SSSR count). The normalized spacial score (nSPS) is 23.1. The fraction of sp³-hybridized carbons (Fsp3) is 0.688. The van der Waals surface area contributed by atoms with Gasteiger partial charge in [-0.15, -0.1) is 11.3 Å². The van der Waals surface area contributed by atoms with Crippen LogP contribution >= 0.6 is 11.3 Å². The highest BCUT2D eigenvalue weighted by Crippen LogP contribution is 2.22. The Morgan fingerprint density at radius 2 is 2.19 bits per heavy atom. The summed E-state index contributed by atoms with van der Waals surface area (Å²) in [4.78, 5) is 17.0. The molecule has 3 nitrogen and oxygen atoms in total. The number of carbonyl (C=O) groups excluding carboxylic acids is 1. The van der Waals surface area contributed by atoms with Gasteiger partial charge < -0.3 is 4.90 Å². The second-order valence-corrected chi connectivity index (χ2v) is 9.02. The third-order valence-corrected chi connectivity index (χ3v) is 6.49. The Bertz CT molecular complexity index is 524. The third-order valence-electron chi connectivity index (χ3n) is 4.16. The van der Waals surface area contributed by atoms with Crippen molar-refractivity contribution in [3.63, 3.8) is 0 Å². The molecule has 0 saturated carbocycles. The summed E-state index contributed by atoms with van der Waals surface area (Å²) >= 11 is 1.83. The molecule has 21 heavy (non-hydrogen) atoms. The molecule has 1 fully saturated rings. The fourth-order valence-electron chi connectivity index (χ4n) is 2.86. The van der Waals surface area contributed by atoms with E-state index >= 15 is 0 Å². The summed E-state index contributed by atoms with van der Waals surface area (Å²) in [5.41, 5.74) is 1.38. The van der Waals surface area contributed by atoms with Crippen molar-refractivity contribution >= 4 is 28.0 Å². The molecule has 0 N–H and O–H groups in total. The number of nitrogens with zero attached hydrogens (tertiary/aromatic N) is 1. The number of carbonyl (C=O) groups is 1. The van der Waals surface area contributed by atoms with E-state index in [1.807, 2.05) is 16.2 Å². The molecular weight excluding hydrogens is 302 g/mol. The topological polar surface area (TPSA) is 37.4 Å². The molecule has 0 radical (unpaired) electrons. The average molecular weight is 328 g/mol. The van der Waals surface area contributed by atoms with Crippen molar-refractivity contribution in [1.29, 1.82) is 0 Å². The number of amides is 1. The maximum atomic E-state index is 12.4. The number of aryl methyl sites for hydroxylation is 3. The van der Waals surface area contributed by atoms with E-state index in [0.29, 0.717) is 18.7 Å². The van der Waals surface area contributed by atoms with Crippen LogP contribution in [0.15, 0.2) is 6.07 Å². The average Bonchev–Trinajstić information content (AvgIpc) is 2.64. The lowest BCUT2D eigenvalue weighted by atomic mass is 10.1. The minimum Gasteiger partial charge on any atom is -0.339 e. The zero-order valence-corrected chi connectivity index (χ0v) is 14.8. The summed E-state index contributed by atoms with van der Waals surface area (Å²) in [7, 11) is -0.744. The second-order valence-electron chi connectivity index (χ2n) is 5.86. The molecule has 0 aromatic carbocycles. The fourth-order valence-corrected chi connectivity index (χ4v) is 5.04. The first-order chi connectivity index (χ1) is 9.97. The lowest BCUT2D eigenvalue weighted by Crippen LogP contribution is -2.39. The largest absolute Gasteiger partial charge is 0.339 e. The Morgan fingerprint density at radius 1 is 1.43 bits per heavy atom. The smallest absolute Gasteiger partial charge is 0.222 e. The van der Waals surface area contributed by atoms with Crippen LogP contribution in [-0.4, -0.2) is 39.1 Å². The van der Waals surface area contributed by atoms with E-state index in [0.717, 1.165) is 25.0 Å². The van der Waals surface area contributed by atoms with Gasteiger partial charge in [-0.25, -0.2) is 0 Å². The maximum Gasteiger partial charge on any atom is 0.222 e. The van der Waals surface area contributed by atoms with E-state index in [4.69, 9.17) is 0 Å². The van der Waals surface area contributed by atoms with Gasteiger partial charge in [0, 0.05) is 51.1 Å². The predicted molar refractivity (Wildman–Crippen MR) is 90.4 cm³/mol. The van der Waals surface area contributed by atoms with E-state index < -0.39 is 10.8 Å². The van der Waals surface area contributed by atoms with Gasteiger partial charge in [0.15, 0.2) is 0 Å². The van der Waals surface area contributed by atoms with Crippen molar-refractivity contribution in [1.82, 2.24) is 4.90 Å². The monoisotopic (exact) mass is 327 g/mol. The third kappa shape index (κ3) is 4.65. The van der Waals surface area contributed by atoms with E-state index in [9.17, 15) is 9.00 Å². The summed E-state index contributed by atoms with van der Waals surface area (Å²) < 4.78 is 11.6.